The minimum atomic E-state index is -2.42. The van der Waals surface area contributed by atoms with Crippen LogP contribution in [-0.2, 0) is 0 Å². The van der Waals surface area contributed by atoms with Crippen molar-refractivity contribution in [2.45, 2.75) is 36.8 Å². The predicted octanol–water partition coefficient (Wildman–Crippen LogP) is 0.817. The van der Waals surface area contributed by atoms with Gasteiger partial charge in [-0.15, -0.1) is 0 Å². The smallest absolute Gasteiger partial charge is 0.272 e. The van der Waals surface area contributed by atoms with Crippen molar-refractivity contribution >= 4 is 0 Å². The van der Waals surface area contributed by atoms with Crippen molar-refractivity contribution in [3.63, 3.8) is 0 Å². The van der Waals surface area contributed by atoms with E-state index in [1.807, 2.05) is 4.90 Å². The fraction of sp³-hybridized carbons (Fsp3) is 1.00. The van der Waals surface area contributed by atoms with Crippen molar-refractivity contribution in [1.29, 1.82) is 0 Å². The van der Waals surface area contributed by atoms with Crippen LogP contribution in [0.3, 0.4) is 0 Å². The molecule has 0 aromatic heterocycles. The second kappa shape index (κ2) is 2.06. The number of nitrogens with zero attached hydrogens (tertiary/aromatic N) is 1. The van der Waals surface area contributed by atoms with Gasteiger partial charge in [0.25, 0.3) is 5.92 Å². The molecular weight excluding hydrogens is 174 g/mol. The van der Waals surface area contributed by atoms with Crippen LogP contribution in [0, 0.1) is 5.92 Å². The zero-order valence-corrected chi connectivity index (χ0v) is 7.47. The van der Waals surface area contributed by atoms with Crippen molar-refractivity contribution in [3.8, 4) is 0 Å². The van der Waals surface area contributed by atoms with E-state index in [0.717, 1.165) is 19.3 Å². The molecule has 1 atom stereocenters. The average Bonchev–Trinajstić information content (AvgIpc) is 2.34. The molecule has 4 rings (SSSR count). The highest BCUT2D eigenvalue weighted by Gasteiger charge is 2.63. The molecule has 0 unspecified atom stereocenters. The molecule has 3 saturated carbocycles. The zero-order valence-electron chi connectivity index (χ0n) is 7.47. The van der Waals surface area contributed by atoms with Crippen LogP contribution in [0.4, 0.5) is 8.78 Å². The molecule has 1 heterocycles. The first-order valence-corrected chi connectivity index (χ1v) is 4.89. The van der Waals surface area contributed by atoms with Gasteiger partial charge in [0.15, 0.2) is 0 Å². The van der Waals surface area contributed by atoms with Crippen LogP contribution in [0.1, 0.15) is 19.3 Å². The van der Waals surface area contributed by atoms with Gasteiger partial charge in [0.2, 0.25) is 0 Å². The molecule has 0 aromatic carbocycles. The number of nitrogens with two attached hydrogens (primary N) is 1. The first-order valence-electron chi connectivity index (χ1n) is 4.89. The van der Waals surface area contributed by atoms with Gasteiger partial charge in [-0.05, 0) is 25.2 Å². The fourth-order valence-corrected chi connectivity index (χ4v) is 3.23. The quantitative estimate of drug-likeness (QED) is 0.660. The maximum Gasteiger partial charge on any atom is 0.272 e. The summed E-state index contributed by atoms with van der Waals surface area (Å²) in [5.74, 6) is -1.80. The zero-order chi connectivity index (χ0) is 9.27. The molecule has 0 spiro atoms. The van der Waals surface area contributed by atoms with Gasteiger partial charge in [0.05, 0.1) is 13.1 Å². The summed E-state index contributed by atoms with van der Waals surface area (Å²) in [5.41, 5.74) is 5.96. The van der Waals surface area contributed by atoms with Crippen molar-refractivity contribution in [3.05, 3.63) is 0 Å². The normalized spacial score (nSPS) is 52.8. The van der Waals surface area contributed by atoms with Crippen LogP contribution >= 0.6 is 0 Å². The average molecular weight is 188 g/mol. The lowest BCUT2D eigenvalue weighted by Crippen LogP contribution is -2.67. The summed E-state index contributed by atoms with van der Waals surface area (Å²) in [6.45, 7) is -0.0706. The number of hydrogen-bond donors (Lipinski definition) is 1. The first-order chi connectivity index (χ1) is 6.01. The molecule has 4 aliphatic rings. The first kappa shape index (κ1) is 8.12. The van der Waals surface area contributed by atoms with E-state index in [0.29, 0.717) is 5.92 Å². The molecule has 4 fully saturated rings. The second-order valence-corrected chi connectivity index (χ2v) is 4.97. The van der Waals surface area contributed by atoms with Gasteiger partial charge >= 0.3 is 0 Å². The van der Waals surface area contributed by atoms with E-state index >= 15 is 0 Å². The summed E-state index contributed by atoms with van der Waals surface area (Å²) in [6.07, 6.45) is 3.06. The number of hydrogen-bond acceptors (Lipinski definition) is 2. The van der Waals surface area contributed by atoms with Crippen molar-refractivity contribution in [2.24, 2.45) is 11.7 Å². The predicted molar refractivity (Wildman–Crippen MR) is 44.6 cm³/mol. The van der Waals surface area contributed by atoms with Gasteiger partial charge in [0, 0.05) is 11.6 Å². The summed E-state index contributed by atoms with van der Waals surface area (Å²) >= 11 is 0. The Hall–Kier alpha value is -0.220. The lowest BCUT2D eigenvalue weighted by atomic mass is 9.74. The van der Waals surface area contributed by atoms with E-state index in [9.17, 15) is 8.78 Å². The number of alkyl halides is 2. The molecule has 4 heteroatoms. The van der Waals surface area contributed by atoms with Gasteiger partial charge in [-0.25, -0.2) is 8.78 Å². The lowest BCUT2D eigenvalue weighted by molar-refractivity contribution is -0.182. The second-order valence-electron chi connectivity index (χ2n) is 4.97. The molecule has 1 saturated heterocycles. The summed E-state index contributed by atoms with van der Waals surface area (Å²) in [6, 6.07) is 0.272. The van der Waals surface area contributed by atoms with Crippen LogP contribution in [0.5, 0.6) is 0 Å². The third-order valence-electron chi connectivity index (χ3n) is 4.02. The van der Waals surface area contributed by atoms with E-state index < -0.39 is 5.92 Å². The summed E-state index contributed by atoms with van der Waals surface area (Å²) in [7, 11) is 0. The molecule has 0 aromatic rings. The minimum absolute atomic E-state index is 0.0353. The highest BCUT2D eigenvalue weighted by atomic mass is 19.3. The molecule has 2 N–H and O–H groups in total. The van der Waals surface area contributed by atoms with Gasteiger partial charge in [-0.3, -0.25) is 4.90 Å². The van der Waals surface area contributed by atoms with Crippen molar-refractivity contribution in [2.75, 3.05) is 13.1 Å². The Bertz CT molecular complexity index is 240. The molecule has 13 heavy (non-hydrogen) atoms. The Kier molecular flexibility index (Phi) is 1.29. The molecule has 74 valence electrons. The standard InChI is InChI=1S/C9H14F2N2/c10-9(11)4-13(5-9)8-1-6(2-8)7(12)3-8/h6-7H,1-5,12H2/t6?,7-,8?/m1/s1. The third kappa shape index (κ3) is 0.931. The van der Waals surface area contributed by atoms with Crippen LogP contribution in [0.2, 0.25) is 0 Å². The Labute approximate surface area is 76.1 Å². The number of likely N-dealkylation sites (tertiary alicyclic amines) is 1. The number of fused-ring (bicyclic) bond motifs is 1. The largest absolute Gasteiger partial charge is 0.327 e. The molecular formula is C9H14F2N2. The summed E-state index contributed by atoms with van der Waals surface area (Å²) in [4.78, 5) is 1.94. The van der Waals surface area contributed by atoms with E-state index in [1.165, 1.54) is 0 Å². The molecule has 1 aliphatic heterocycles. The van der Waals surface area contributed by atoms with Crippen LogP contribution < -0.4 is 5.73 Å². The van der Waals surface area contributed by atoms with Crippen molar-refractivity contribution < 1.29 is 8.78 Å². The van der Waals surface area contributed by atoms with Gasteiger partial charge < -0.3 is 5.73 Å². The fourth-order valence-electron chi connectivity index (χ4n) is 3.23. The summed E-state index contributed by atoms with van der Waals surface area (Å²) in [5, 5.41) is 0. The molecule has 0 amide bonds. The van der Waals surface area contributed by atoms with Crippen molar-refractivity contribution in [1.82, 2.24) is 4.90 Å². The molecule has 2 bridgehead atoms. The highest BCUT2D eigenvalue weighted by molar-refractivity contribution is 5.17. The van der Waals surface area contributed by atoms with Gasteiger partial charge in [0.1, 0.15) is 0 Å². The summed E-state index contributed by atoms with van der Waals surface area (Å²) < 4.78 is 25.3. The van der Waals surface area contributed by atoms with E-state index in [4.69, 9.17) is 5.73 Å². The van der Waals surface area contributed by atoms with E-state index in [-0.39, 0.29) is 24.7 Å². The Balaban J connectivity index is 1.69. The molecule has 3 aliphatic carbocycles. The van der Waals surface area contributed by atoms with E-state index in [2.05, 4.69) is 0 Å². The monoisotopic (exact) mass is 188 g/mol. The van der Waals surface area contributed by atoms with Gasteiger partial charge in [-0.1, -0.05) is 0 Å². The highest BCUT2D eigenvalue weighted by Crippen LogP contribution is 2.57. The van der Waals surface area contributed by atoms with Crippen LogP contribution in [0.25, 0.3) is 0 Å². The Morgan fingerprint density at radius 1 is 1.15 bits per heavy atom. The Morgan fingerprint density at radius 3 is 2.15 bits per heavy atom. The van der Waals surface area contributed by atoms with Gasteiger partial charge in [-0.2, -0.15) is 0 Å². The maximum absolute atomic E-state index is 12.7. The maximum atomic E-state index is 12.7. The topological polar surface area (TPSA) is 29.3 Å². The minimum Gasteiger partial charge on any atom is -0.327 e. The lowest BCUT2D eigenvalue weighted by Gasteiger charge is -2.54. The Morgan fingerprint density at radius 2 is 1.77 bits per heavy atom. The number of rotatable bonds is 1. The number of halogens is 2. The SMILES string of the molecule is N[C@@H]1CC2(N3CC(F)(F)C3)CC1C2. The molecule has 0 radical (unpaired) electrons. The third-order valence-corrected chi connectivity index (χ3v) is 4.02. The molecule has 2 nitrogen and oxygen atoms in total. The van der Waals surface area contributed by atoms with Crippen LogP contribution in [-0.4, -0.2) is 35.5 Å². The van der Waals surface area contributed by atoms with E-state index in [1.54, 1.807) is 0 Å². The van der Waals surface area contributed by atoms with Crippen LogP contribution in [0.15, 0.2) is 0 Å².